The van der Waals surface area contributed by atoms with Crippen molar-refractivity contribution in [2.45, 2.75) is 6.10 Å². The van der Waals surface area contributed by atoms with Crippen LogP contribution in [0.3, 0.4) is 0 Å². The van der Waals surface area contributed by atoms with Crippen LogP contribution in [0, 0.1) is 0 Å². The third kappa shape index (κ3) is 3.50. The number of nitrogens with one attached hydrogen (secondary N) is 1. The van der Waals surface area contributed by atoms with Gasteiger partial charge in [0.05, 0.1) is 26.0 Å². The van der Waals surface area contributed by atoms with Gasteiger partial charge in [0, 0.05) is 6.54 Å². The summed E-state index contributed by atoms with van der Waals surface area (Å²) in [5.74, 6) is 0.357. The molecule has 3 N–H and O–H groups in total. The van der Waals surface area contributed by atoms with Gasteiger partial charge in [-0.1, -0.05) is 11.6 Å². The molecule has 6 nitrogen and oxygen atoms in total. The maximum atomic E-state index is 9.11. The normalized spacial score (nSPS) is 12.3. The first-order chi connectivity index (χ1) is 7.17. The van der Waals surface area contributed by atoms with Crippen LogP contribution in [0.5, 0.6) is 6.01 Å². The molecule has 0 aliphatic heterocycles. The average Bonchev–Trinajstić information content (AvgIpc) is 2.27. The molecule has 1 rings (SSSR count). The molecule has 0 amide bonds. The Morgan fingerprint density at radius 2 is 2.40 bits per heavy atom. The molecule has 1 heterocycles. The van der Waals surface area contributed by atoms with Gasteiger partial charge >= 0.3 is 6.01 Å². The number of hydrogen-bond acceptors (Lipinski definition) is 6. The summed E-state index contributed by atoms with van der Waals surface area (Å²) in [5.41, 5.74) is 0. The summed E-state index contributed by atoms with van der Waals surface area (Å²) in [7, 11) is 1.44. The number of nitrogens with zero attached hydrogens (tertiary/aromatic N) is 2. The van der Waals surface area contributed by atoms with Crippen LogP contribution in [-0.2, 0) is 0 Å². The number of methoxy groups -OCH3 is 1. The summed E-state index contributed by atoms with van der Waals surface area (Å²) in [4.78, 5) is 7.72. The number of aliphatic hydroxyl groups excluding tert-OH is 2. The molecular weight excluding hydrogens is 222 g/mol. The summed E-state index contributed by atoms with van der Waals surface area (Å²) in [6.45, 7) is -0.177. The molecule has 0 saturated carbocycles. The molecule has 0 fully saturated rings. The minimum Gasteiger partial charge on any atom is -0.467 e. The Bertz CT molecular complexity index is 324. The van der Waals surface area contributed by atoms with E-state index in [-0.39, 0.29) is 19.2 Å². The van der Waals surface area contributed by atoms with E-state index in [1.807, 2.05) is 0 Å². The quantitative estimate of drug-likeness (QED) is 0.659. The van der Waals surface area contributed by atoms with Gasteiger partial charge in [-0.15, -0.1) is 0 Å². The van der Waals surface area contributed by atoms with Crippen molar-refractivity contribution in [3.05, 3.63) is 11.2 Å². The lowest BCUT2D eigenvalue weighted by molar-refractivity contribution is 0.105. The highest BCUT2D eigenvalue weighted by atomic mass is 35.5. The van der Waals surface area contributed by atoms with Gasteiger partial charge in [-0.25, -0.2) is 4.98 Å². The second kappa shape index (κ2) is 5.69. The van der Waals surface area contributed by atoms with E-state index in [2.05, 4.69) is 15.3 Å². The molecule has 0 saturated heterocycles. The fourth-order valence-corrected chi connectivity index (χ4v) is 1.01. The molecule has 0 bridgehead atoms. The number of halogens is 1. The van der Waals surface area contributed by atoms with Crippen LogP contribution < -0.4 is 10.1 Å². The highest BCUT2D eigenvalue weighted by Gasteiger charge is 2.07. The Balaban J connectivity index is 2.66. The first kappa shape index (κ1) is 12.0. The van der Waals surface area contributed by atoms with E-state index in [9.17, 15) is 0 Å². The molecule has 84 valence electrons. The number of rotatable bonds is 5. The second-order valence-electron chi connectivity index (χ2n) is 2.77. The SMILES string of the molecule is COc1ncc(Cl)c(NCC(O)CO)n1. The smallest absolute Gasteiger partial charge is 0.318 e. The lowest BCUT2D eigenvalue weighted by Gasteiger charge is -2.10. The van der Waals surface area contributed by atoms with Crippen molar-refractivity contribution in [3.63, 3.8) is 0 Å². The van der Waals surface area contributed by atoms with E-state index >= 15 is 0 Å². The largest absolute Gasteiger partial charge is 0.467 e. The van der Waals surface area contributed by atoms with Gasteiger partial charge < -0.3 is 20.3 Å². The van der Waals surface area contributed by atoms with Crippen LogP contribution in [-0.4, -0.2) is 46.5 Å². The number of ether oxygens (including phenoxy) is 1. The maximum absolute atomic E-state index is 9.11. The minimum atomic E-state index is -0.859. The van der Waals surface area contributed by atoms with Gasteiger partial charge in [0.2, 0.25) is 0 Å². The number of anilines is 1. The molecule has 0 radical (unpaired) electrons. The Morgan fingerprint density at radius 1 is 1.67 bits per heavy atom. The van der Waals surface area contributed by atoms with Crippen LogP contribution in [0.15, 0.2) is 6.20 Å². The van der Waals surface area contributed by atoms with Crippen LogP contribution >= 0.6 is 11.6 Å². The topological polar surface area (TPSA) is 87.5 Å². The summed E-state index contributed by atoms with van der Waals surface area (Å²) < 4.78 is 4.81. The van der Waals surface area contributed by atoms with Crippen LogP contribution in [0.2, 0.25) is 5.02 Å². The average molecular weight is 234 g/mol. The van der Waals surface area contributed by atoms with Crippen LogP contribution in [0.1, 0.15) is 0 Å². The standard InChI is InChI=1S/C8H12ClN3O3/c1-15-8-11-3-6(9)7(12-8)10-2-5(14)4-13/h3,5,13-14H,2,4H2,1H3,(H,10,11,12). The van der Waals surface area contributed by atoms with E-state index in [1.165, 1.54) is 13.3 Å². The van der Waals surface area contributed by atoms with Crippen molar-refractivity contribution in [1.82, 2.24) is 9.97 Å². The summed E-state index contributed by atoms with van der Waals surface area (Å²) in [6, 6.07) is 0.181. The molecule has 0 aliphatic rings. The highest BCUT2D eigenvalue weighted by Crippen LogP contribution is 2.19. The van der Waals surface area contributed by atoms with E-state index in [0.717, 1.165) is 0 Å². The third-order valence-corrected chi connectivity index (χ3v) is 1.90. The van der Waals surface area contributed by atoms with Crippen molar-refractivity contribution in [2.24, 2.45) is 0 Å². The van der Waals surface area contributed by atoms with E-state index < -0.39 is 6.10 Å². The van der Waals surface area contributed by atoms with Gasteiger partial charge in [-0.3, -0.25) is 0 Å². The number of aliphatic hydroxyl groups is 2. The van der Waals surface area contributed by atoms with Gasteiger partial charge in [-0.05, 0) is 0 Å². The number of hydrogen-bond donors (Lipinski definition) is 3. The molecule has 15 heavy (non-hydrogen) atoms. The molecule has 1 aromatic rings. The first-order valence-electron chi connectivity index (χ1n) is 4.26. The van der Waals surface area contributed by atoms with Gasteiger partial charge in [0.15, 0.2) is 5.82 Å². The summed E-state index contributed by atoms with van der Waals surface area (Å²) >= 11 is 5.79. The molecule has 7 heteroatoms. The Labute approximate surface area is 91.9 Å². The molecule has 1 atom stereocenters. The van der Waals surface area contributed by atoms with Crippen molar-refractivity contribution >= 4 is 17.4 Å². The van der Waals surface area contributed by atoms with E-state index in [1.54, 1.807) is 0 Å². The molecule has 0 aliphatic carbocycles. The molecule has 1 aromatic heterocycles. The van der Waals surface area contributed by atoms with Gasteiger partial charge in [0.1, 0.15) is 5.02 Å². The Morgan fingerprint density at radius 3 is 3.00 bits per heavy atom. The van der Waals surface area contributed by atoms with E-state index in [4.69, 9.17) is 26.6 Å². The van der Waals surface area contributed by atoms with Crippen molar-refractivity contribution < 1.29 is 14.9 Å². The van der Waals surface area contributed by atoms with Crippen molar-refractivity contribution in [2.75, 3.05) is 25.6 Å². The second-order valence-corrected chi connectivity index (χ2v) is 3.18. The fraction of sp³-hybridized carbons (Fsp3) is 0.500. The minimum absolute atomic E-state index is 0.149. The first-order valence-corrected chi connectivity index (χ1v) is 4.64. The van der Waals surface area contributed by atoms with Crippen molar-refractivity contribution in [1.29, 1.82) is 0 Å². The van der Waals surface area contributed by atoms with Crippen LogP contribution in [0.4, 0.5) is 5.82 Å². The zero-order valence-corrected chi connectivity index (χ0v) is 8.90. The lowest BCUT2D eigenvalue weighted by atomic mass is 10.4. The predicted molar refractivity (Wildman–Crippen MR) is 55.2 cm³/mol. The monoisotopic (exact) mass is 233 g/mol. The van der Waals surface area contributed by atoms with Crippen molar-refractivity contribution in [3.8, 4) is 6.01 Å². The predicted octanol–water partition coefficient (Wildman–Crippen LogP) is -0.0963. The van der Waals surface area contributed by atoms with Crippen LogP contribution in [0.25, 0.3) is 0 Å². The zero-order valence-electron chi connectivity index (χ0n) is 8.14. The maximum Gasteiger partial charge on any atom is 0.318 e. The lowest BCUT2D eigenvalue weighted by Crippen LogP contribution is -2.23. The number of aromatic nitrogens is 2. The Hall–Kier alpha value is -1.11. The van der Waals surface area contributed by atoms with Gasteiger partial charge in [-0.2, -0.15) is 4.98 Å². The summed E-state index contributed by atoms with van der Waals surface area (Å²) in [6.07, 6.45) is 0.531. The van der Waals surface area contributed by atoms with Gasteiger partial charge in [0.25, 0.3) is 0 Å². The molecule has 0 aromatic carbocycles. The highest BCUT2D eigenvalue weighted by molar-refractivity contribution is 6.32. The summed E-state index contributed by atoms with van der Waals surface area (Å²) in [5, 5.41) is 20.8. The molecule has 1 unspecified atom stereocenters. The molecular formula is C8H12ClN3O3. The zero-order chi connectivity index (χ0) is 11.3. The Kier molecular flexibility index (Phi) is 4.54. The third-order valence-electron chi connectivity index (χ3n) is 1.62. The molecule has 0 spiro atoms. The fourth-order valence-electron chi connectivity index (χ4n) is 0.852. The van der Waals surface area contributed by atoms with E-state index in [0.29, 0.717) is 10.8 Å².